The van der Waals surface area contributed by atoms with Crippen molar-refractivity contribution in [3.63, 3.8) is 0 Å². The molecule has 1 unspecified atom stereocenters. The predicted octanol–water partition coefficient (Wildman–Crippen LogP) is 11.7. The van der Waals surface area contributed by atoms with Crippen LogP contribution in [0.2, 0.25) is 0 Å². The fourth-order valence-electron chi connectivity index (χ4n) is 6.51. The van der Waals surface area contributed by atoms with Gasteiger partial charge >= 0.3 is 5.97 Å². The number of hydrogen-bond acceptors (Lipinski definition) is 5. The molecule has 0 saturated heterocycles. The highest BCUT2D eigenvalue weighted by molar-refractivity contribution is 5.69. The van der Waals surface area contributed by atoms with Gasteiger partial charge < -0.3 is 14.9 Å². The van der Waals surface area contributed by atoms with E-state index in [0.29, 0.717) is 19.5 Å². The molecule has 0 fully saturated rings. The van der Waals surface area contributed by atoms with Crippen LogP contribution in [0.15, 0.2) is 0 Å². The van der Waals surface area contributed by atoms with Crippen molar-refractivity contribution in [2.75, 3.05) is 26.3 Å². The van der Waals surface area contributed by atoms with Gasteiger partial charge in [0.1, 0.15) is 0 Å². The van der Waals surface area contributed by atoms with E-state index in [9.17, 15) is 15.0 Å². The molecule has 270 valence electrons. The first-order chi connectivity index (χ1) is 22.2. The lowest BCUT2D eigenvalue weighted by molar-refractivity contribution is -0.161. The number of carbonyl (C=O) groups excluding carboxylic acids is 1. The fraction of sp³-hybridized carbons (Fsp3) is 0.975. The van der Waals surface area contributed by atoms with Gasteiger partial charge in [0.2, 0.25) is 0 Å². The van der Waals surface area contributed by atoms with Crippen LogP contribution in [0.25, 0.3) is 0 Å². The zero-order chi connectivity index (χ0) is 32.9. The Hall–Kier alpha value is -0.650. The second-order valence-corrected chi connectivity index (χ2v) is 13.9. The molecule has 0 aliphatic heterocycles. The third kappa shape index (κ3) is 33.1. The average Bonchev–Trinajstić information content (AvgIpc) is 3.04. The van der Waals surface area contributed by atoms with Crippen molar-refractivity contribution in [3.05, 3.63) is 0 Å². The van der Waals surface area contributed by atoms with Gasteiger partial charge in [-0.05, 0) is 19.3 Å². The van der Waals surface area contributed by atoms with Crippen LogP contribution in [0.4, 0.5) is 0 Å². The highest BCUT2D eigenvalue weighted by Gasteiger charge is 2.21. The lowest BCUT2D eigenvalue weighted by Gasteiger charge is -2.30. The Balaban J connectivity index is 3.92. The van der Waals surface area contributed by atoms with E-state index in [0.717, 1.165) is 32.1 Å². The Labute approximate surface area is 282 Å². The van der Waals surface area contributed by atoms with E-state index in [4.69, 9.17) is 4.74 Å². The van der Waals surface area contributed by atoms with Gasteiger partial charge in [0.25, 0.3) is 0 Å². The number of ether oxygens (including phenoxy) is 1. The first-order valence-corrected chi connectivity index (χ1v) is 20.3. The Morgan fingerprint density at radius 1 is 0.467 bits per heavy atom. The molecule has 5 nitrogen and oxygen atoms in total. The summed E-state index contributed by atoms with van der Waals surface area (Å²) in [6.45, 7) is 5.42. The number of unbranched alkanes of at least 4 members (excludes halogenated alkanes) is 28. The third-order valence-electron chi connectivity index (χ3n) is 9.49. The number of aliphatic hydroxyl groups excluding tert-OH is 2. The van der Waals surface area contributed by atoms with Crippen LogP contribution in [-0.2, 0) is 9.53 Å². The van der Waals surface area contributed by atoms with E-state index in [1.165, 1.54) is 167 Å². The molecule has 5 heteroatoms. The average molecular weight is 640 g/mol. The lowest BCUT2D eigenvalue weighted by Crippen LogP contribution is -2.42. The molecule has 45 heavy (non-hydrogen) atoms. The van der Waals surface area contributed by atoms with Crippen LogP contribution in [0.5, 0.6) is 0 Å². The molecule has 0 spiro atoms. The minimum Gasteiger partial charge on any atom is -0.446 e. The number of aliphatic hydroxyl groups is 2. The summed E-state index contributed by atoms with van der Waals surface area (Å²) in [5, 5.41) is 19.1. The standard InChI is InChI=1S/C40H81NO4/c1-3-5-7-9-11-13-15-17-19-21-23-25-27-29-31-33-39(41(35-37-42)36-38-43)45-40(44)34-32-30-28-26-24-22-20-18-16-14-12-10-8-6-4-2/h39,42-43H,3-38H2,1-2H3. The molecular weight excluding hydrogens is 558 g/mol. The summed E-state index contributed by atoms with van der Waals surface area (Å²) in [4.78, 5) is 14.6. The molecule has 0 aromatic carbocycles. The molecule has 0 aliphatic rings. The van der Waals surface area contributed by atoms with E-state index in [-0.39, 0.29) is 25.4 Å². The minimum atomic E-state index is -0.338. The molecule has 0 heterocycles. The van der Waals surface area contributed by atoms with Gasteiger partial charge in [-0.3, -0.25) is 9.69 Å². The summed E-state index contributed by atoms with van der Waals surface area (Å²) in [6.07, 6.45) is 40.6. The lowest BCUT2D eigenvalue weighted by atomic mass is 10.0. The van der Waals surface area contributed by atoms with E-state index < -0.39 is 0 Å². The highest BCUT2D eigenvalue weighted by atomic mass is 16.6. The van der Waals surface area contributed by atoms with E-state index in [2.05, 4.69) is 13.8 Å². The van der Waals surface area contributed by atoms with Crippen LogP contribution in [0.3, 0.4) is 0 Å². The summed E-state index contributed by atoms with van der Waals surface area (Å²) in [6, 6.07) is 0. The number of carbonyl (C=O) groups is 1. The Bertz CT molecular complexity index is 566. The maximum atomic E-state index is 12.7. The predicted molar refractivity (Wildman–Crippen MR) is 195 cm³/mol. The summed E-state index contributed by atoms with van der Waals surface area (Å²) >= 11 is 0. The summed E-state index contributed by atoms with van der Waals surface area (Å²) in [7, 11) is 0. The molecule has 0 aliphatic carbocycles. The topological polar surface area (TPSA) is 70.0 Å². The van der Waals surface area contributed by atoms with Gasteiger partial charge in [-0.25, -0.2) is 0 Å². The normalized spacial score (nSPS) is 12.3. The van der Waals surface area contributed by atoms with Crippen LogP contribution >= 0.6 is 0 Å². The van der Waals surface area contributed by atoms with Crippen molar-refractivity contribution >= 4 is 5.97 Å². The maximum Gasteiger partial charge on any atom is 0.307 e. The monoisotopic (exact) mass is 640 g/mol. The Kier molecular flexibility index (Phi) is 37.3. The van der Waals surface area contributed by atoms with E-state index in [1.807, 2.05) is 4.90 Å². The fourth-order valence-corrected chi connectivity index (χ4v) is 6.51. The number of esters is 1. The van der Waals surface area contributed by atoms with Crippen molar-refractivity contribution in [2.24, 2.45) is 0 Å². The SMILES string of the molecule is CCCCCCCCCCCCCCCCCC(=O)OC(CCCCCCCCCCCCCCCCC)N(CCO)CCO. The van der Waals surface area contributed by atoms with Crippen molar-refractivity contribution in [1.29, 1.82) is 0 Å². The molecule has 0 rings (SSSR count). The molecule has 0 saturated carbocycles. The van der Waals surface area contributed by atoms with Crippen LogP contribution in [0, 0.1) is 0 Å². The Morgan fingerprint density at radius 2 is 0.756 bits per heavy atom. The van der Waals surface area contributed by atoms with Gasteiger partial charge in [0.05, 0.1) is 13.2 Å². The van der Waals surface area contributed by atoms with Gasteiger partial charge in [-0.2, -0.15) is 0 Å². The molecular formula is C40H81NO4. The quantitative estimate of drug-likeness (QED) is 0.0399. The van der Waals surface area contributed by atoms with Gasteiger partial charge in [-0.1, -0.05) is 194 Å². The van der Waals surface area contributed by atoms with E-state index >= 15 is 0 Å². The van der Waals surface area contributed by atoms with Crippen LogP contribution in [-0.4, -0.2) is 53.6 Å². The molecule has 0 radical (unpaired) electrons. The van der Waals surface area contributed by atoms with E-state index in [1.54, 1.807) is 0 Å². The molecule has 0 bridgehead atoms. The van der Waals surface area contributed by atoms with Gasteiger partial charge in [0.15, 0.2) is 6.23 Å². The van der Waals surface area contributed by atoms with Gasteiger partial charge in [0, 0.05) is 19.5 Å². The largest absolute Gasteiger partial charge is 0.446 e. The van der Waals surface area contributed by atoms with Gasteiger partial charge in [-0.15, -0.1) is 0 Å². The second-order valence-electron chi connectivity index (χ2n) is 13.9. The van der Waals surface area contributed by atoms with Crippen LogP contribution in [0.1, 0.15) is 219 Å². The minimum absolute atomic E-state index is 0.00591. The second kappa shape index (κ2) is 37.8. The number of rotatable bonds is 38. The molecule has 0 aromatic rings. The zero-order valence-corrected chi connectivity index (χ0v) is 30.7. The van der Waals surface area contributed by atoms with Crippen molar-refractivity contribution in [2.45, 2.75) is 226 Å². The molecule has 1 atom stereocenters. The first kappa shape index (κ1) is 44.4. The summed E-state index contributed by atoms with van der Waals surface area (Å²) in [5.41, 5.74) is 0. The van der Waals surface area contributed by atoms with Crippen molar-refractivity contribution in [1.82, 2.24) is 4.90 Å². The Morgan fingerprint density at radius 3 is 1.07 bits per heavy atom. The summed E-state index contributed by atoms with van der Waals surface area (Å²) in [5.74, 6) is -0.128. The third-order valence-corrected chi connectivity index (χ3v) is 9.49. The number of nitrogens with zero attached hydrogens (tertiary/aromatic N) is 1. The summed E-state index contributed by atoms with van der Waals surface area (Å²) < 4.78 is 5.92. The molecule has 0 aromatic heterocycles. The van der Waals surface area contributed by atoms with Crippen molar-refractivity contribution in [3.8, 4) is 0 Å². The highest BCUT2D eigenvalue weighted by Crippen LogP contribution is 2.18. The molecule has 2 N–H and O–H groups in total. The van der Waals surface area contributed by atoms with Crippen LogP contribution < -0.4 is 0 Å². The van der Waals surface area contributed by atoms with Crippen molar-refractivity contribution < 1.29 is 19.7 Å². The zero-order valence-electron chi connectivity index (χ0n) is 30.7. The molecule has 0 amide bonds. The number of hydrogen-bond donors (Lipinski definition) is 2. The first-order valence-electron chi connectivity index (χ1n) is 20.3. The smallest absolute Gasteiger partial charge is 0.307 e. The maximum absolute atomic E-state index is 12.7.